The molecule has 0 bridgehead atoms. The molecular formula is C18H12N6O7S. The van der Waals surface area contributed by atoms with Gasteiger partial charge < -0.3 is 15.2 Å². The number of allylic oxidation sites excluding steroid dienone is 1. The predicted molar refractivity (Wildman–Crippen MR) is 112 cm³/mol. The number of nitro benzene ring substituents is 1. The number of anilines is 1. The third kappa shape index (κ3) is 4.57. The number of nitriles is 1. The first-order valence-corrected chi connectivity index (χ1v) is 9.02. The molecule has 162 valence electrons. The summed E-state index contributed by atoms with van der Waals surface area (Å²) < 4.78 is 5.41. The number of hydrogen-bond acceptors (Lipinski definition) is 10. The molecule has 0 spiro atoms. The Kier molecular flexibility index (Phi) is 6.21. The van der Waals surface area contributed by atoms with Crippen molar-refractivity contribution in [3.05, 3.63) is 79.8 Å². The molecule has 0 saturated carbocycles. The first kappa shape index (κ1) is 22.1. The van der Waals surface area contributed by atoms with Crippen LogP contribution < -0.4 is 10.1 Å². The SMILES string of the molecule is N#Cc1ccc(OC2=C([N+](=O)[O-])C=NC(Nc3ccc(S)cc3)N2C(=O)O)cc1[N+](=O)[O-]. The van der Waals surface area contributed by atoms with Gasteiger partial charge in [0, 0.05) is 10.6 Å². The van der Waals surface area contributed by atoms with E-state index in [1.807, 2.05) is 0 Å². The average Bonchev–Trinajstić information content (AvgIpc) is 2.75. The summed E-state index contributed by atoms with van der Waals surface area (Å²) in [5.41, 5.74) is -1.23. The Morgan fingerprint density at radius 3 is 2.47 bits per heavy atom. The maximum Gasteiger partial charge on any atom is 0.417 e. The summed E-state index contributed by atoms with van der Waals surface area (Å²) in [7, 11) is 0. The van der Waals surface area contributed by atoms with Crippen LogP contribution in [0.1, 0.15) is 5.56 Å². The summed E-state index contributed by atoms with van der Waals surface area (Å²) in [6, 6.07) is 11.2. The molecule has 1 aliphatic heterocycles. The molecule has 2 aromatic carbocycles. The Morgan fingerprint density at radius 1 is 1.22 bits per heavy atom. The van der Waals surface area contributed by atoms with E-state index >= 15 is 0 Å². The van der Waals surface area contributed by atoms with Gasteiger partial charge in [-0.3, -0.25) is 20.2 Å². The summed E-state index contributed by atoms with van der Waals surface area (Å²) >= 11 is 4.16. The lowest BCUT2D eigenvalue weighted by Crippen LogP contribution is -2.47. The van der Waals surface area contributed by atoms with Crippen LogP contribution in [0.25, 0.3) is 0 Å². The van der Waals surface area contributed by atoms with Gasteiger partial charge in [-0.05, 0) is 36.4 Å². The molecule has 32 heavy (non-hydrogen) atoms. The summed E-state index contributed by atoms with van der Waals surface area (Å²) in [6.07, 6.45) is -2.16. The summed E-state index contributed by atoms with van der Waals surface area (Å²) in [5, 5.41) is 44.2. The third-order valence-corrected chi connectivity index (χ3v) is 4.39. The van der Waals surface area contributed by atoms with E-state index in [2.05, 4.69) is 22.9 Å². The number of thiol groups is 1. The molecule has 13 nitrogen and oxygen atoms in total. The van der Waals surface area contributed by atoms with E-state index in [0.717, 1.165) is 24.4 Å². The lowest BCUT2D eigenvalue weighted by Gasteiger charge is -2.30. The summed E-state index contributed by atoms with van der Waals surface area (Å²) in [6.45, 7) is 0. The average molecular weight is 456 g/mol. The zero-order chi connectivity index (χ0) is 23.4. The first-order valence-electron chi connectivity index (χ1n) is 8.57. The monoisotopic (exact) mass is 456 g/mol. The van der Waals surface area contributed by atoms with Gasteiger partial charge in [0.25, 0.3) is 11.6 Å². The summed E-state index contributed by atoms with van der Waals surface area (Å²) in [5.74, 6) is -1.02. The molecule has 0 fully saturated rings. The largest absolute Gasteiger partial charge is 0.464 e. The van der Waals surface area contributed by atoms with E-state index in [1.165, 1.54) is 0 Å². The molecule has 2 aromatic rings. The van der Waals surface area contributed by atoms with Crippen LogP contribution in [0.15, 0.2) is 63.9 Å². The Bertz CT molecular complexity index is 1210. The van der Waals surface area contributed by atoms with Crippen LogP contribution in [-0.2, 0) is 0 Å². The quantitative estimate of drug-likeness (QED) is 0.334. The van der Waals surface area contributed by atoms with Crippen molar-refractivity contribution in [1.82, 2.24) is 4.90 Å². The van der Waals surface area contributed by atoms with Crippen LogP contribution in [0.4, 0.5) is 16.2 Å². The number of aliphatic imine (C=N–C) groups is 1. The number of carbonyl (C=O) groups is 1. The maximum absolute atomic E-state index is 12.0. The molecule has 2 N–H and O–H groups in total. The Hall–Kier alpha value is -4.64. The van der Waals surface area contributed by atoms with Crippen molar-refractivity contribution in [2.24, 2.45) is 4.99 Å². The number of carboxylic acid groups (broad SMARTS) is 1. The van der Waals surface area contributed by atoms with Gasteiger partial charge in [0.2, 0.25) is 6.29 Å². The molecule has 3 rings (SSSR count). The highest BCUT2D eigenvalue weighted by atomic mass is 32.1. The van der Waals surface area contributed by atoms with Crippen LogP contribution in [0.2, 0.25) is 0 Å². The lowest BCUT2D eigenvalue weighted by atomic mass is 10.2. The molecule has 0 aromatic heterocycles. The topological polar surface area (TPSA) is 184 Å². The van der Waals surface area contributed by atoms with E-state index in [0.29, 0.717) is 15.5 Å². The minimum absolute atomic E-state index is 0.265. The number of nitro groups is 2. The predicted octanol–water partition coefficient (Wildman–Crippen LogP) is 3.04. The van der Waals surface area contributed by atoms with Crippen molar-refractivity contribution in [1.29, 1.82) is 5.26 Å². The van der Waals surface area contributed by atoms with Gasteiger partial charge in [-0.2, -0.15) is 10.2 Å². The number of ether oxygens (including phenoxy) is 1. The second-order valence-electron chi connectivity index (χ2n) is 6.09. The number of benzene rings is 2. The zero-order valence-corrected chi connectivity index (χ0v) is 16.7. The van der Waals surface area contributed by atoms with Gasteiger partial charge in [-0.15, -0.1) is 12.6 Å². The number of hydrogen-bond donors (Lipinski definition) is 3. The van der Waals surface area contributed by atoms with Gasteiger partial charge in [0.15, 0.2) is 0 Å². The number of amides is 1. The number of nitrogens with one attached hydrogen (secondary N) is 1. The zero-order valence-electron chi connectivity index (χ0n) is 15.8. The van der Waals surface area contributed by atoms with Crippen LogP contribution in [-0.4, -0.2) is 38.5 Å². The molecule has 1 heterocycles. The molecule has 1 amide bonds. The van der Waals surface area contributed by atoms with Crippen LogP contribution in [0.5, 0.6) is 5.75 Å². The molecule has 0 saturated heterocycles. The molecule has 14 heteroatoms. The van der Waals surface area contributed by atoms with E-state index < -0.39 is 39.5 Å². The fourth-order valence-electron chi connectivity index (χ4n) is 2.66. The van der Waals surface area contributed by atoms with Crippen LogP contribution in [0.3, 0.4) is 0 Å². The van der Waals surface area contributed by atoms with Gasteiger partial charge >= 0.3 is 11.8 Å². The maximum atomic E-state index is 12.0. The normalized spacial score (nSPS) is 15.1. The van der Waals surface area contributed by atoms with Gasteiger partial charge in [-0.1, -0.05) is 0 Å². The minimum Gasteiger partial charge on any atom is -0.464 e. The van der Waals surface area contributed by atoms with Gasteiger partial charge in [0.1, 0.15) is 23.6 Å². The van der Waals surface area contributed by atoms with E-state index in [1.54, 1.807) is 30.3 Å². The Morgan fingerprint density at radius 2 is 1.91 bits per heavy atom. The second-order valence-corrected chi connectivity index (χ2v) is 6.61. The van der Waals surface area contributed by atoms with Crippen molar-refractivity contribution >= 4 is 36.3 Å². The molecule has 1 aliphatic rings. The van der Waals surface area contributed by atoms with Crippen molar-refractivity contribution in [2.45, 2.75) is 11.2 Å². The second kappa shape index (κ2) is 9.02. The van der Waals surface area contributed by atoms with E-state index in [9.17, 15) is 30.1 Å². The smallest absolute Gasteiger partial charge is 0.417 e. The minimum atomic E-state index is -1.64. The third-order valence-electron chi connectivity index (χ3n) is 4.09. The Balaban J connectivity index is 2.02. The first-order chi connectivity index (χ1) is 15.2. The van der Waals surface area contributed by atoms with E-state index in [4.69, 9.17) is 10.00 Å². The fourth-order valence-corrected chi connectivity index (χ4v) is 2.81. The van der Waals surface area contributed by atoms with Crippen molar-refractivity contribution in [3.8, 4) is 11.8 Å². The molecule has 1 unspecified atom stereocenters. The molecule has 0 radical (unpaired) electrons. The molecule has 0 aliphatic carbocycles. The highest BCUT2D eigenvalue weighted by Crippen LogP contribution is 2.29. The number of nitrogens with zero attached hydrogens (tertiary/aromatic N) is 5. The van der Waals surface area contributed by atoms with Crippen LogP contribution >= 0.6 is 12.6 Å². The van der Waals surface area contributed by atoms with E-state index in [-0.39, 0.29) is 11.3 Å². The van der Waals surface area contributed by atoms with Gasteiger partial charge in [0.05, 0.1) is 15.9 Å². The lowest BCUT2D eigenvalue weighted by molar-refractivity contribution is -0.418. The molecular weight excluding hydrogens is 444 g/mol. The fraction of sp³-hybridized carbons (Fsp3) is 0.0556. The molecule has 1 atom stereocenters. The highest BCUT2D eigenvalue weighted by molar-refractivity contribution is 7.80. The van der Waals surface area contributed by atoms with Crippen molar-refractivity contribution in [3.63, 3.8) is 0 Å². The van der Waals surface area contributed by atoms with Gasteiger partial charge in [-0.25, -0.2) is 9.79 Å². The summed E-state index contributed by atoms with van der Waals surface area (Å²) in [4.78, 5) is 37.9. The van der Waals surface area contributed by atoms with Crippen molar-refractivity contribution < 1.29 is 24.5 Å². The standard InChI is InChI=1S/C18H12N6O7S/c19-8-10-1-4-12(7-14(10)23(27)28)31-16-15(24(29)30)9-20-17(22(16)18(25)26)21-11-2-5-13(32)6-3-11/h1-7,9,17,21,32H,(H,25,26). The number of rotatable bonds is 6. The van der Waals surface area contributed by atoms with Crippen molar-refractivity contribution in [2.75, 3.05) is 5.32 Å². The van der Waals surface area contributed by atoms with Crippen LogP contribution in [0, 0.1) is 31.6 Å². The Labute approximate surface area is 184 Å². The highest BCUT2D eigenvalue weighted by Gasteiger charge is 2.38.